The lowest BCUT2D eigenvalue weighted by Crippen LogP contribution is -2.49. The van der Waals surface area contributed by atoms with Gasteiger partial charge in [-0.3, -0.25) is 14.4 Å². The summed E-state index contributed by atoms with van der Waals surface area (Å²) in [6.07, 6.45) is 2.00. The highest BCUT2D eigenvalue weighted by atomic mass is 16.4. The van der Waals surface area contributed by atoms with Crippen LogP contribution in [0.2, 0.25) is 0 Å². The SMILES string of the molecule is CC(CN(C)C(=O)CCC(=O)N1CCN(c2ccccn2)CC1)C(=O)O. The van der Waals surface area contributed by atoms with Crippen molar-refractivity contribution in [3.8, 4) is 0 Å². The van der Waals surface area contributed by atoms with Gasteiger partial charge in [0.05, 0.1) is 5.92 Å². The van der Waals surface area contributed by atoms with Crippen molar-refractivity contribution in [2.75, 3.05) is 44.7 Å². The molecule has 8 heteroatoms. The van der Waals surface area contributed by atoms with Gasteiger partial charge in [0.2, 0.25) is 11.8 Å². The third-order valence-corrected chi connectivity index (χ3v) is 4.55. The highest BCUT2D eigenvalue weighted by Crippen LogP contribution is 2.13. The Kier molecular flexibility index (Phi) is 6.94. The van der Waals surface area contributed by atoms with Gasteiger partial charge in [0, 0.05) is 58.8 Å². The number of carbonyl (C=O) groups excluding carboxylic acids is 2. The van der Waals surface area contributed by atoms with Gasteiger partial charge in [-0.2, -0.15) is 0 Å². The van der Waals surface area contributed by atoms with E-state index in [1.807, 2.05) is 18.2 Å². The van der Waals surface area contributed by atoms with E-state index in [0.717, 1.165) is 5.82 Å². The summed E-state index contributed by atoms with van der Waals surface area (Å²) in [5.41, 5.74) is 0. The molecule has 1 atom stereocenters. The molecular formula is C18H26N4O4. The molecule has 2 amide bonds. The van der Waals surface area contributed by atoms with Gasteiger partial charge < -0.3 is 19.8 Å². The summed E-state index contributed by atoms with van der Waals surface area (Å²) in [7, 11) is 1.57. The number of carboxylic acids is 1. The maximum Gasteiger partial charge on any atom is 0.308 e. The van der Waals surface area contributed by atoms with Crippen LogP contribution >= 0.6 is 0 Å². The summed E-state index contributed by atoms with van der Waals surface area (Å²) in [5.74, 6) is -0.910. The van der Waals surface area contributed by atoms with Crippen LogP contribution in [0.1, 0.15) is 19.8 Å². The second-order valence-electron chi connectivity index (χ2n) is 6.57. The first-order chi connectivity index (χ1) is 12.4. The number of amides is 2. The Morgan fingerprint density at radius 2 is 1.88 bits per heavy atom. The van der Waals surface area contributed by atoms with Crippen molar-refractivity contribution in [1.82, 2.24) is 14.8 Å². The molecule has 0 aliphatic carbocycles. The highest BCUT2D eigenvalue weighted by Gasteiger charge is 2.23. The number of hydrogen-bond acceptors (Lipinski definition) is 5. The van der Waals surface area contributed by atoms with Gasteiger partial charge in [0.1, 0.15) is 5.82 Å². The molecule has 8 nitrogen and oxygen atoms in total. The molecule has 1 aromatic heterocycles. The number of rotatable bonds is 7. The number of aromatic nitrogens is 1. The van der Waals surface area contributed by atoms with Crippen LogP contribution in [0.3, 0.4) is 0 Å². The molecule has 0 saturated carbocycles. The summed E-state index contributed by atoms with van der Waals surface area (Å²) in [4.78, 5) is 44.9. The van der Waals surface area contributed by atoms with Crippen LogP contribution in [0.5, 0.6) is 0 Å². The summed E-state index contributed by atoms with van der Waals surface area (Å²) in [5, 5.41) is 8.90. The van der Waals surface area contributed by atoms with Gasteiger partial charge in [0.15, 0.2) is 0 Å². The molecule has 1 fully saturated rings. The summed E-state index contributed by atoms with van der Waals surface area (Å²) in [6, 6.07) is 5.76. The van der Waals surface area contributed by atoms with Gasteiger partial charge >= 0.3 is 5.97 Å². The third kappa shape index (κ3) is 5.44. The van der Waals surface area contributed by atoms with Gasteiger partial charge in [-0.25, -0.2) is 4.98 Å². The maximum atomic E-state index is 12.3. The Labute approximate surface area is 153 Å². The number of hydrogen-bond donors (Lipinski definition) is 1. The van der Waals surface area contributed by atoms with E-state index in [0.29, 0.717) is 26.2 Å². The van der Waals surface area contributed by atoms with Crippen LogP contribution in [0.4, 0.5) is 5.82 Å². The molecule has 1 aliphatic heterocycles. The van der Waals surface area contributed by atoms with E-state index in [9.17, 15) is 14.4 Å². The van der Waals surface area contributed by atoms with Gasteiger partial charge in [0.25, 0.3) is 0 Å². The normalized spacial score (nSPS) is 15.5. The number of nitrogens with zero attached hydrogens (tertiary/aromatic N) is 4. The molecule has 1 unspecified atom stereocenters. The molecule has 0 bridgehead atoms. The second-order valence-corrected chi connectivity index (χ2v) is 6.57. The van der Waals surface area contributed by atoms with Crippen molar-refractivity contribution in [2.24, 2.45) is 5.92 Å². The minimum atomic E-state index is -0.938. The van der Waals surface area contributed by atoms with E-state index in [1.54, 1.807) is 25.1 Å². The molecule has 1 N–H and O–H groups in total. The van der Waals surface area contributed by atoms with E-state index in [1.165, 1.54) is 4.90 Å². The van der Waals surface area contributed by atoms with Crippen LogP contribution < -0.4 is 4.90 Å². The first-order valence-electron chi connectivity index (χ1n) is 8.79. The standard InChI is InChI=1S/C18H26N4O4/c1-14(18(25)26)13-20(2)16(23)6-7-17(24)22-11-9-21(10-12-22)15-5-3-4-8-19-15/h3-5,8,14H,6-7,9-13H2,1-2H3,(H,25,26). The second kappa shape index (κ2) is 9.17. The number of pyridine rings is 1. The number of carboxylic acid groups (broad SMARTS) is 1. The van der Waals surface area contributed by atoms with E-state index < -0.39 is 11.9 Å². The highest BCUT2D eigenvalue weighted by molar-refractivity contribution is 5.84. The van der Waals surface area contributed by atoms with Crippen molar-refractivity contribution >= 4 is 23.6 Å². The van der Waals surface area contributed by atoms with Crippen LogP contribution in [-0.4, -0.2) is 77.4 Å². The minimum absolute atomic E-state index is 0.0429. The first kappa shape index (κ1) is 19.7. The Balaban J connectivity index is 1.73. The van der Waals surface area contributed by atoms with Crippen molar-refractivity contribution < 1.29 is 19.5 Å². The Hall–Kier alpha value is -2.64. The van der Waals surface area contributed by atoms with Gasteiger partial charge in [-0.15, -0.1) is 0 Å². The van der Waals surface area contributed by atoms with Crippen molar-refractivity contribution in [1.29, 1.82) is 0 Å². The Bertz CT molecular complexity index is 629. The van der Waals surface area contributed by atoms with Gasteiger partial charge in [-0.1, -0.05) is 13.0 Å². The molecule has 1 aliphatic rings. The molecule has 1 saturated heterocycles. The van der Waals surface area contributed by atoms with Crippen LogP contribution in [-0.2, 0) is 14.4 Å². The minimum Gasteiger partial charge on any atom is -0.481 e. The van der Waals surface area contributed by atoms with Crippen molar-refractivity contribution in [3.05, 3.63) is 24.4 Å². The number of anilines is 1. The topological polar surface area (TPSA) is 94.1 Å². The monoisotopic (exact) mass is 362 g/mol. The van der Waals surface area contributed by atoms with Crippen molar-refractivity contribution in [2.45, 2.75) is 19.8 Å². The quantitative estimate of drug-likeness (QED) is 0.767. The predicted octanol–water partition coefficient (Wildman–Crippen LogP) is 0.690. The smallest absolute Gasteiger partial charge is 0.308 e. The maximum absolute atomic E-state index is 12.3. The van der Waals surface area contributed by atoms with E-state index in [2.05, 4.69) is 9.88 Å². The average Bonchev–Trinajstić information content (AvgIpc) is 2.66. The van der Waals surface area contributed by atoms with E-state index in [4.69, 9.17) is 5.11 Å². The Morgan fingerprint density at radius 1 is 1.19 bits per heavy atom. The lowest BCUT2D eigenvalue weighted by molar-refractivity contribution is -0.143. The lowest BCUT2D eigenvalue weighted by atomic mass is 10.1. The van der Waals surface area contributed by atoms with E-state index >= 15 is 0 Å². The average molecular weight is 362 g/mol. The van der Waals surface area contributed by atoms with Gasteiger partial charge in [-0.05, 0) is 12.1 Å². The number of aliphatic carboxylic acids is 1. The zero-order valence-electron chi connectivity index (χ0n) is 15.3. The Morgan fingerprint density at radius 3 is 2.46 bits per heavy atom. The zero-order valence-corrected chi connectivity index (χ0v) is 15.3. The summed E-state index contributed by atoms with van der Waals surface area (Å²) >= 11 is 0. The molecule has 2 heterocycles. The molecular weight excluding hydrogens is 336 g/mol. The van der Waals surface area contributed by atoms with Crippen LogP contribution in [0, 0.1) is 5.92 Å². The largest absolute Gasteiger partial charge is 0.481 e. The predicted molar refractivity (Wildman–Crippen MR) is 96.7 cm³/mol. The fourth-order valence-corrected chi connectivity index (χ4v) is 2.88. The molecule has 0 spiro atoms. The third-order valence-electron chi connectivity index (χ3n) is 4.55. The first-order valence-corrected chi connectivity index (χ1v) is 8.79. The fraction of sp³-hybridized carbons (Fsp3) is 0.556. The summed E-state index contributed by atoms with van der Waals surface area (Å²) in [6.45, 7) is 4.34. The van der Waals surface area contributed by atoms with Crippen LogP contribution in [0.25, 0.3) is 0 Å². The molecule has 142 valence electrons. The summed E-state index contributed by atoms with van der Waals surface area (Å²) < 4.78 is 0. The number of carbonyl (C=O) groups is 3. The fourth-order valence-electron chi connectivity index (χ4n) is 2.88. The molecule has 0 aromatic carbocycles. The zero-order chi connectivity index (χ0) is 19.1. The number of piperazine rings is 1. The molecule has 1 aromatic rings. The molecule has 2 rings (SSSR count). The molecule has 0 radical (unpaired) electrons. The lowest BCUT2D eigenvalue weighted by Gasteiger charge is -2.35. The molecule has 26 heavy (non-hydrogen) atoms. The van der Waals surface area contributed by atoms with Crippen LogP contribution in [0.15, 0.2) is 24.4 Å². The van der Waals surface area contributed by atoms with E-state index in [-0.39, 0.29) is 31.2 Å². The van der Waals surface area contributed by atoms with Crippen molar-refractivity contribution in [3.63, 3.8) is 0 Å².